The Bertz CT molecular complexity index is 197. The van der Waals surface area contributed by atoms with Crippen LogP contribution < -0.4 is 5.73 Å². The van der Waals surface area contributed by atoms with Crippen molar-refractivity contribution >= 4 is 11.9 Å². The highest BCUT2D eigenvalue weighted by atomic mass is 16.5. The lowest BCUT2D eigenvalue weighted by molar-refractivity contribution is -0.132. The van der Waals surface area contributed by atoms with Crippen molar-refractivity contribution in [2.45, 2.75) is 6.92 Å². The van der Waals surface area contributed by atoms with E-state index in [0.29, 0.717) is 6.08 Å². The van der Waals surface area contributed by atoms with Gasteiger partial charge in [0.05, 0.1) is 12.7 Å². The van der Waals surface area contributed by atoms with Gasteiger partial charge in [-0.2, -0.15) is 0 Å². The van der Waals surface area contributed by atoms with E-state index in [0.717, 1.165) is 0 Å². The summed E-state index contributed by atoms with van der Waals surface area (Å²) < 4.78 is 4.62. The van der Waals surface area contributed by atoms with Gasteiger partial charge in [-0.05, 0) is 6.92 Å². The van der Waals surface area contributed by atoms with E-state index < -0.39 is 11.9 Å². The number of carboxylic acids is 1. The van der Waals surface area contributed by atoms with Gasteiger partial charge in [-0.15, -0.1) is 0 Å². The number of nitrogens with two attached hydrogens (primary N) is 1. The quantitative estimate of drug-likeness (QED) is 0.426. The third kappa shape index (κ3) is 3.96. The second-order valence-corrected chi connectivity index (χ2v) is 1.64. The average Bonchev–Trinajstić information content (AvgIpc) is 1.86. The summed E-state index contributed by atoms with van der Waals surface area (Å²) in [6.45, 7) is 1.83. The Morgan fingerprint density at radius 3 is 2.45 bits per heavy atom. The van der Waals surface area contributed by atoms with Crippen molar-refractivity contribution < 1.29 is 19.4 Å². The van der Waals surface area contributed by atoms with Crippen LogP contribution in [0.3, 0.4) is 0 Å². The number of carbonyl (C=O) groups is 2. The van der Waals surface area contributed by atoms with Crippen molar-refractivity contribution in [2.24, 2.45) is 5.73 Å². The second-order valence-electron chi connectivity index (χ2n) is 1.64. The van der Waals surface area contributed by atoms with Crippen molar-refractivity contribution in [1.29, 1.82) is 0 Å². The first kappa shape index (κ1) is 9.48. The van der Waals surface area contributed by atoms with Gasteiger partial charge in [-0.25, -0.2) is 4.79 Å². The minimum atomic E-state index is -1.26. The number of hydrogen-bond donors (Lipinski definition) is 2. The van der Waals surface area contributed by atoms with E-state index in [2.05, 4.69) is 4.74 Å². The topological polar surface area (TPSA) is 89.6 Å². The molecule has 0 aliphatic rings. The molecule has 0 atom stereocenters. The van der Waals surface area contributed by atoms with Crippen LogP contribution in [0.1, 0.15) is 6.92 Å². The molecule has 0 fully saturated rings. The van der Waals surface area contributed by atoms with Gasteiger partial charge in [0.25, 0.3) is 5.91 Å². The smallest absolute Gasteiger partial charge is 0.332 e. The maximum absolute atomic E-state index is 10.4. The third-order valence-corrected chi connectivity index (χ3v) is 0.797. The fraction of sp³-hybridized carbons (Fsp3) is 0.333. The summed E-state index contributed by atoms with van der Waals surface area (Å²) in [6.07, 6.45) is 0.631. The summed E-state index contributed by atoms with van der Waals surface area (Å²) in [5, 5.41) is 8.20. The Kier molecular flexibility index (Phi) is 3.72. The zero-order valence-electron chi connectivity index (χ0n) is 6.03. The molecule has 3 N–H and O–H groups in total. The van der Waals surface area contributed by atoms with E-state index in [4.69, 9.17) is 10.8 Å². The SMILES string of the molecule is CCO/C(=C/C(=O)O)C(N)=O. The molecule has 0 radical (unpaired) electrons. The predicted octanol–water partition coefficient (Wildman–Crippen LogP) is -0.523. The van der Waals surface area contributed by atoms with Crippen LogP contribution in [0.15, 0.2) is 11.8 Å². The Balaban J connectivity index is 4.32. The molecule has 0 bridgehead atoms. The molecule has 0 aromatic heterocycles. The lowest BCUT2D eigenvalue weighted by atomic mass is 10.4. The molecule has 0 rings (SSSR count). The van der Waals surface area contributed by atoms with Gasteiger partial charge in [0, 0.05) is 0 Å². The van der Waals surface area contributed by atoms with Gasteiger partial charge in [-0.1, -0.05) is 0 Å². The molecule has 0 unspecified atom stereocenters. The molecule has 0 aliphatic carbocycles. The van der Waals surface area contributed by atoms with Crippen LogP contribution in [-0.2, 0) is 14.3 Å². The molecular weight excluding hydrogens is 150 g/mol. The van der Waals surface area contributed by atoms with Crippen molar-refractivity contribution in [3.05, 3.63) is 11.8 Å². The van der Waals surface area contributed by atoms with E-state index in [-0.39, 0.29) is 12.4 Å². The Morgan fingerprint density at radius 1 is 1.64 bits per heavy atom. The van der Waals surface area contributed by atoms with E-state index in [9.17, 15) is 9.59 Å². The Morgan fingerprint density at radius 2 is 2.18 bits per heavy atom. The highest BCUT2D eigenvalue weighted by molar-refractivity contribution is 5.96. The molecule has 0 saturated carbocycles. The lowest BCUT2D eigenvalue weighted by Gasteiger charge is -2.01. The number of carboxylic acid groups (broad SMARTS) is 1. The zero-order valence-corrected chi connectivity index (χ0v) is 6.03. The van der Waals surface area contributed by atoms with Gasteiger partial charge >= 0.3 is 5.97 Å². The van der Waals surface area contributed by atoms with Crippen molar-refractivity contribution in [3.63, 3.8) is 0 Å². The maximum Gasteiger partial charge on any atom is 0.332 e. The van der Waals surface area contributed by atoms with Crippen LogP contribution in [0, 0.1) is 0 Å². The number of rotatable bonds is 4. The highest BCUT2D eigenvalue weighted by Crippen LogP contribution is 1.94. The van der Waals surface area contributed by atoms with Crippen molar-refractivity contribution in [3.8, 4) is 0 Å². The van der Waals surface area contributed by atoms with Gasteiger partial charge in [-0.3, -0.25) is 4.79 Å². The summed E-state index contributed by atoms with van der Waals surface area (Å²) in [6, 6.07) is 0. The highest BCUT2D eigenvalue weighted by Gasteiger charge is 2.06. The Labute approximate surface area is 63.4 Å². The Hall–Kier alpha value is -1.52. The zero-order chi connectivity index (χ0) is 8.85. The van der Waals surface area contributed by atoms with Gasteiger partial charge in [0.1, 0.15) is 0 Å². The number of primary amides is 1. The molecule has 11 heavy (non-hydrogen) atoms. The maximum atomic E-state index is 10.4. The largest absolute Gasteiger partial charge is 0.488 e. The van der Waals surface area contributed by atoms with Crippen LogP contribution in [0.25, 0.3) is 0 Å². The molecular formula is C6H9NO4. The summed E-state index contributed by atoms with van der Waals surface area (Å²) in [4.78, 5) is 20.4. The summed E-state index contributed by atoms with van der Waals surface area (Å²) >= 11 is 0. The first-order chi connectivity index (χ1) is 5.07. The van der Waals surface area contributed by atoms with Gasteiger partial charge in [0.2, 0.25) is 0 Å². The fourth-order valence-electron chi connectivity index (χ4n) is 0.452. The van der Waals surface area contributed by atoms with E-state index in [1.807, 2.05) is 0 Å². The number of amides is 1. The number of aliphatic carboxylic acids is 1. The molecule has 0 saturated heterocycles. The van der Waals surface area contributed by atoms with Gasteiger partial charge < -0.3 is 15.6 Å². The normalized spacial score (nSPS) is 10.8. The monoisotopic (exact) mass is 159 g/mol. The molecule has 62 valence electrons. The van der Waals surface area contributed by atoms with Crippen LogP contribution >= 0.6 is 0 Å². The molecule has 0 aliphatic heterocycles. The van der Waals surface area contributed by atoms with Gasteiger partial charge in [0.15, 0.2) is 5.76 Å². The molecule has 0 aromatic rings. The van der Waals surface area contributed by atoms with Crippen LogP contribution in [0.2, 0.25) is 0 Å². The van der Waals surface area contributed by atoms with E-state index >= 15 is 0 Å². The third-order valence-electron chi connectivity index (χ3n) is 0.797. The lowest BCUT2D eigenvalue weighted by Crippen LogP contribution is -2.17. The first-order valence-corrected chi connectivity index (χ1v) is 2.95. The minimum Gasteiger partial charge on any atom is -0.488 e. The predicted molar refractivity (Wildman–Crippen MR) is 36.5 cm³/mol. The first-order valence-electron chi connectivity index (χ1n) is 2.95. The standard InChI is InChI=1S/C6H9NO4/c1-2-11-4(6(7)10)3-5(8)9/h3H,2H2,1H3,(H2,7,10)(H,8,9)/b4-3+. The number of hydrogen-bond acceptors (Lipinski definition) is 3. The summed E-state index contributed by atoms with van der Waals surface area (Å²) in [7, 11) is 0. The fourth-order valence-corrected chi connectivity index (χ4v) is 0.452. The molecule has 0 heterocycles. The molecule has 0 spiro atoms. The van der Waals surface area contributed by atoms with Crippen LogP contribution in [0.4, 0.5) is 0 Å². The molecule has 0 aromatic carbocycles. The van der Waals surface area contributed by atoms with E-state index in [1.165, 1.54) is 0 Å². The van der Waals surface area contributed by atoms with Crippen molar-refractivity contribution in [1.82, 2.24) is 0 Å². The molecule has 5 heteroatoms. The average molecular weight is 159 g/mol. The summed E-state index contributed by atoms with van der Waals surface area (Å²) in [5.41, 5.74) is 4.78. The van der Waals surface area contributed by atoms with Crippen LogP contribution in [-0.4, -0.2) is 23.6 Å². The number of carbonyl (C=O) groups excluding carboxylic acids is 1. The second kappa shape index (κ2) is 4.32. The van der Waals surface area contributed by atoms with E-state index in [1.54, 1.807) is 6.92 Å². The minimum absolute atomic E-state index is 0.210. The summed E-state index contributed by atoms with van der Waals surface area (Å²) in [5.74, 6) is -2.47. The van der Waals surface area contributed by atoms with Crippen LogP contribution in [0.5, 0.6) is 0 Å². The molecule has 5 nitrogen and oxygen atoms in total. The van der Waals surface area contributed by atoms with Crippen molar-refractivity contribution in [2.75, 3.05) is 6.61 Å². The molecule has 1 amide bonds. The number of ether oxygens (including phenoxy) is 1.